The number of aromatic hydroxyl groups is 1. The molecule has 3 N–H and O–H groups in total. The lowest BCUT2D eigenvalue weighted by Crippen LogP contribution is -2.28. The number of hydrogen-bond acceptors (Lipinski definition) is 3. The summed E-state index contributed by atoms with van der Waals surface area (Å²) < 4.78 is 39.5. The number of benzene rings is 1. The Labute approximate surface area is 111 Å². The van der Waals surface area contributed by atoms with Gasteiger partial charge in [0.05, 0.1) is 11.6 Å². The predicted molar refractivity (Wildman–Crippen MR) is 62.4 cm³/mol. The Morgan fingerprint density at radius 3 is 2.70 bits per heavy atom. The van der Waals surface area contributed by atoms with Crippen LogP contribution >= 0.6 is 0 Å². The molecule has 0 aliphatic heterocycles. The van der Waals surface area contributed by atoms with Crippen LogP contribution in [0.2, 0.25) is 0 Å². The van der Waals surface area contributed by atoms with E-state index in [0.29, 0.717) is 11.9 Å². The molecule has 2 rings (SSSR count). The number of carbonyl (C=O) groups is 1. The quantitative estimate of drug-likeness (QED) is 0.755. The van der Waals surface area contributed by atoms with Crippen LogP contribution in [-0.4, -0.2) is 21.0 Å². The first-order valence-electron chi connectivity index (χ1n) is 5.58. The smallest absolute Gasteiger partial charge is 0.255 e. The van der Waals surface area contributed by atoms with E-state index in [1.54, 1.807) is 6.92 Å². The van der Waals surface area contributed by atoms with Gasteiger partial charge in [-0.15, -0.1) is 0 Å². The Bertz CT molecular complexity index is 644. The molecule has 0 aliphatic carbocycles. The lowest BCUT2D eigenvalue weighted by molar-refractivity contribution is 0.0932. The van der Waals surface area contributed by atoms with Crippen LogP contribution in [0.4, 0.5) is 13.2 Å². The highest BCUT2D eigenvalue weighted by Crippen LogP contribution is 2.26. The molecule has 106 valence electrons. The Balaban J connectivity index is 2.26. The molecule has 0 spiro atoms. The molecule has 20 heavy (non-hydrogen) atoms. The number of imidazole rings is 1. The summed E-state index contributed by atoms with van der Waals surface area (Å²) >= 11 is 0. The van der Waals surface area contributed by atoms with Gasteiger partial charge in [-0.1, -0.05) is 0 Å². The molecule has 1 atom stereocenters. The largest absolute Gasteiger partial charge is 0.503 e. The van der Waals surface area contributed by atoms with Gasteiger partial charge < -0.3 is 15.4 Å². The molecular formula is C12H10F3N3O2. The molecule has 5 nitrogen and oxygen atoms in total. The number of nitrogens with zero attached hydrogens (tertiary/aromatic N) is 1. The van der Waals surface area contributed by atoms with Crippen LogP contribution < -0.4 is 5.32 Å². The molecule has 2 aromatic rings. The molecule has 1 aromatic carbocycles. The zero-order valence-electron chi connectivity index (χ0n) is 10.2. The van der Waals surface area contributed by atoms with Crippen molar-refractivity contribution < 1.29 is 23.1 Å². The molecule has 0 radical (unpaired) electrons. The molecule has 1 unspecified atom stereocenters. The van der Waals surface area contributed by atoms with Gasteiger partial charge in [0.2, 0.25) is 5.82 Å². The fraction of sp³-hybridized carbons (Fsp3) is 0.167. The maximum atomic E-state index is 13.5. The first-order valence-corrected chi connectivity index (χ1v) is 5.58. The second-order valence-corrected chi connectivity index (χ2v) is 4.05. The number of nitrogens with one attached hydrogen (secondary N) is 2. The lowest BCUT2D eigenvalue weighted by Gasteiger charge is -2.12. The fourth-order valence-corrected chi connectivity index (χ4v) is 1.61. The number of aromatic nitrogens is 2. The van der Waals surface area contributed by atoms with Crippen LogP contribution in [0.1, 0.15) is 29.1 Å². The maximum absolute atomic E-state index is 13.5. The van der Waals surface area contributed by atoms with E-state index in [2.05, 4.69) is 15.3 Å². The normalized spacial score (nSPS) is 12.2. The monoisotopic (exact) mass is 285 g/mol. The topological polar surface area (TPSA) is 78.0 Å². The van der Waals surface area contributed by atoms with Gasteiger partial charge >= 0.3 is 0 Å². The van der Waals surface area contributed by atoms with Gasteiger partial charge in [0.1, 0.15) is 5.82 Å². The van der Waals surface area contributed by atoms with Crippen LogP contribution in [0, 0.1) is 17.5 Å². The Hall–Kier alpha value is -2.51. The lowest BCUT2D eigenvalue weighted by atomic mass is 10.1. The number of amides is 1. The number of hydrogen-bond donors (Lipinski definition) is 3. The number of phenolic OH excluding ortho intramolecular Hbond substituents is 1. The van der Waals surface area contributed by atoms with Crippen molar-refractivity contribution in [2.75, 3.05) is 0 Å². The highest BCUT2D eigenvalue weighted by atomic mass is 19.2. The van der Waals surface area contributed by atoms with E-state index in [1.807, 2.05) is 0 Å². The van der Waals surface area contributed by atoms with Crippen LogP contribution in [0.15, 0.2) is 18.5 Å². The van der Waals surface area contributed by atoms with Gasteiger partial charge in [0.25, 0.3) is 5.91 Å². The van der Waals surface area contributed by atoms with Crippen molar-refractivity contribution in [1.82, 2.24) is 15.3 Å². The van der Waals surface area contributed by atoms with Crippen LogP contribution in [0.3, 0.4) is 0 Å². The number of phenols is 1. The van der Waals surface area contributed by atoms with Crippen LogP contribution in [0.25, 0.3) is 0 Å². The third-order valence-electron chi connectivity index (χ3n) is 2.65. The van der Waals surface area contributed by atoms with Gasteiger partial charge in [-0.05, 0) is 13.0 Å². The third kappa shape index (κ3) is 2.44. The summed E-state index contributed by atoms with van der Waals surface area (Å²) in [7, 11) is 0. The highest BCUT2D eigenvalue weighted by molar-refractivity contribution is 5.95. The second-order valence-electron chi connectivity index (χ2n) is 4.05. The minimum atomic E-state index is -1.74. The van der Waals surface area contributed by atoms with E-state index in [1.165, 1.54) is 12.4 Å². The number of rotatable bonds is 3. The van der Waals surface area contributed by atoms with Gasteiger partial charge in [-0.25, -0.2) is 13.8 Å². The molecule has 8 heteroatoms. The van der Waals surface area contributed by atoms with Crippen LogP contribution in [0.5, 0.6) is 5.75 Å². The van der Waals surface area contributed by atoms with Crippen molar-refractivity contribution in [2.45, 2.75) is 13.0 Å². The molecule has 0 fully saturated rings. The molecule has 1 heterocycles. The van der Waals surface area contributed by atoms with E-state index in [4.69, 9.17) is 5.11 Å². The van der Waals surface area contributed by atoms with E-state index < -0.39 is 40.7 Å². The SMILES string of the molecule is CC(NC(=O)c1cc(F)c(F)c(O)c1F)c1ncc[nH]1. The molecule has 0 aliphatic rings. The van der Waals surface area contributed by atoms with Crippen molar-refractivity contribution >= 4 is 5.91 Å². The van der Waals surface area contributed by atoms with E-state index in [-0.39, 0.29) is 0 Å². The first kappa shape index (κ1) is 13.9. The molecule has 1 amide bonds. The molecule has 0 bridgehead atoms. The summed E-state index contributed by atoms with van der Waals surface area (Å²) in [6, 6.07) is -0.221. The summed E-state index contributed by atoms with van der Waals surface area (Å²) in [5.41, 5.74) is -0.792. The van der Waals surface area contributed by atoms with E-state index in [0.717, 1.165) is 0 Å². The van der Waals surface area contributed by atoms with E-state index >= 15 is 0 Å². The van der Waals surface area contributed by atoms with Crippen molar-refractivity contribution in [3.63, 3.8) is 0 Å². The minimum absolute atomic E-state index is 0.384. The number of aromatic amines is 1. The van der Waals surface area contributed by atoms with Gasteiger partial charge in [0, 0.05) is 12.4 Å². The summed E-state index contributed by atoms with van der Waals surface area (Å²) in [5, 5.41) is 11.4. The second kappa shape index (κ2) is 5.24. The van der Waals surface area contributed by atoms with Crippen LogP contribution in [-0.2, 0) is 0 Å². The average molecular weight is 285 g/mol. The standard InChI is InChI=1S/C12H10F3N3O2/c1-5(11-16-2-3-17-11)18-12(20)6-4-7(13)9(15)10(19)8(6)14/h2-5,19H,1H3,(H,16,17)(H,18,20). The molecule has 0 saturated heterocycles. The Morgan fingerprint density at radius 2 is 2.10 bits per heavy atom. The van der Waals surface area contributed by atoms with Crippen molar-refractivity contribution in [3.8, 4) is 5.75 Å². The predicted octanol–water partition coefficient (Wildman–Crippen LogP) is 2.02. The summed E-state index contributed by atoms with van der Waals surface area (Å²) in [6.07, 6.45) is 2.99. The van der Waals surface area contributed by atoms with Gasteiger partial charge in [-0.2, -0.15) is 4.39 Å². The van der Waals surface area contributed by atoms with E-state index in [9.17, 15) is 18.0 Å². The third-order valence-corrected chi connectivity index (χ3v) is 2.65. The summed E-state index contributed by atoms with van der Waals surface area (Å²) in [4.78, 5) is 18.4. The number of H-pyrrole nitrogens is 1. The average Bonchev–Trinajstić information content (AvgIpc) is 2.94. The van der Waals surface area contributed by atoms with Crippen molar-refractivity contribution in [3.05, 3.63) is 47.3 Å². The number of carbonyl (C=O) groups excluding carboxylic acids is 1. The molecular weight excluding hydrogens is 275 g/mol. The summed E-state index contributed by atoms with van der Waals surface area (Å²) in [6.45, 7) is 1.56. The zero-order valence-corrected chi connectivity index (χ0v) is 10.2. The summed E-state index contributed by atoms with van der Waals surface area (Å²) in [5.74, 6) is -6.89. The Kier molecular flexibility index (Phi) is 3.64. The van der Waals surface area contributed by atoms with Gasteiger partial charge in [0.15, 0.2) is 17.4 Å². The maximum Gasteiger partial charge on any atom is 0.255 e. The molecule has 1 aromatic heterocycles. The van der Waals surface area contributed by atoms with Crippen molar-refractivity contribution in [2.24, 2.45) is 0 Å². The highest BCUT2D eigenvalue weighted by Gasteiger charge is 2.23. The fourth-order valence-electron chi connectivity index (χ4n) is 1.61. The minimum Gasteiger partial charge on any atom is -0.503 e. The Morgan fingerprint density at radius 1 is 1.40 bits per heavy atom. The number of halogens is 3. The van der Waals surface area contributed by atoms with Gasteiger partial charge in [-0.3, -0.25) is 4.79 Å². The zero-order chi connectivity index (χ0) is 14.9. The first-order chi connectivity index (χ1) is 9.41. The van der Waals surface area contributed by atoms with Crippen molar-refractivity contribution in [1.29, 1.82) is 0 Å². The molecule has 0 saturated carbocycles.